The molecule has 1 aliphatic rings. The highest BCUT2D eigenvalue weighted by atomic mass is 19.1. The second-order valence-corrected chi connectivity index (χ2v) is 6.17. The fourth-order valence-corrected chi connectivity index (χ4v) is 2.94. The van der Waals surface area contributed by atoms with Crippen LogP contribution in [-0.2, 0) is 14.3 Å². The molecular formula is C17H16FN3O7. The zero-order chi connectivity index (χ0) is 20.6. The van der Waals surface area contributed by atoms with Gasteiger partial charge in [-0.25, -0.2) is 9.18 Å². The number of hydrogen-bond donors (Lipinski definition) is 1. The van der Waals surface area contributed by atoms with Crippen LogP contribution in [-0.4, -0.2) is 42.2 Å². The van der Waals surface area contributed by atoms with Gasteiger partial charge < -0.3 is 19.4 Å². The molecule has 2 aromatic rings. The molecule has 1 aromatic carbocycles. The maximum atomic E-state index is 14.7. The van der Waals surface area contributed by atoms with Gasteiger partial charge in [-0.2, -0.15) is 0 Å². The van der Waals surface area contributed by atoms with Gasteiger partial charge in [-0.1, -0.05) is 0 Å². The van der Waals surface area contributed by atoms with Gasteiger partial charge in [-0.3, -0.25) is 19.7 Å². The fraction of sp³-hybridized carbons (Fsp3) is 0.353. The van der Waals surface area contributed by atoms with E-state index >= 15 is 0 Å². The van der Waals surface area contributed by atoms with E-state index in [1.54, 1.807) is 0 Å². The third-order valence-electron chi connectivity index (χ3n) is 4.41. The number of carbonyl (C=O) groups is 2. The van der Waals surface area contributed by atoms with Crippen LogP contribution in [0.1, 0.15) is 29.2 Å². The highest BCUT2D eigenvalue weighted by molar-refractivity contribution is 5.99. The van der Waals surface area contributed by atoms with E-state index in [4.69, 9.17) is 0 Å². The molecule has 0 bridgehead atoms. The van der Waals surface area contributed by atoms with E-state index in [0.29, 0.717) is 12.8 Å². The van der Waals surface area contributed by atoms with Gasteiger partial charge in [0.2, 0.25) is 5.43 Å². The molecule has 1 heterocycles. The highest BCUT2D eigenvalue weighted by Gasteiger charge is 2.33. The molecule has 1 aliphatic carbocycles. The average Bonchev–Trinajstić information content (AvgIpc) is 3.50. The Kier molecular flexibility index (Phi) is 4.99. The van der Waals surface area contributed by atoms with Crippen LogP contribution in [0.25, 0.3) is 10.9 Å². The zero-order valence-electron chi connectivity index (χ0n) is 15.0. The topological polar surface area (TPSA) is 130 Å². The van der Waals surface area contributed by atoms with Crippen molar-refractivity contribution >= 4 is 34.2 Å². The number of halogens is 1. The molecule has 3 rings (SSSR count). The summed E-state index contributed by atoms with van der Waals surface area (Å²) in [6.45, 7) is -0.506. The summed E-state index contributed by atoms with van der Waals surface area (Å²) in [7, 11) is 2.21. The number of nitrogens with one attached hydrogen (secondary N) is 1. The van der Waals surface area contributed by atoms with Gasteiger partial charge in [0, 0.05) is 12.2 Å². The van der Waals surface area contributed by atoms with Crippen molar-refractivity contribution in [3.05, 3.63) is 44.0 Å². The summed E-state index contributed by atoms with van der Waals surface area (Å²) in [5.74, 6) is -2.78. The van der Waals surface area contributed by atoms with E-state index in [-0.39, 0.29) is 22.5 Å². The molecule has 1 aromatic heterocycles. The van der Waals surface area contributed by atoms with Crippen LogP contribution in [0.5, 0.6) is 0 Å². The second kappa shape index (κ2) is 7.25. The number of nitro benzene ring substituents is 1. The van der Waals surface area contributed by atoms with Crippen LogP contribution in [0.15, 0.2) is 17.1 Å². The molecular weight excluding hydrogens is 377 g/mol. The lowest BCUT2D eigenvalue weighted by atomic mass is 10.1. The standard InChI is InChI=1S/C17H16FN3O7/c1-27-12(22)6-19-13-11(18)5-9-14(15(13)21(25)26)20(8-3-4-8)7-10(16(9)23)17(24)28-2/h5,7-8,19H,3-4,6H2,1-2H3. The number of nitrogens with zero attached hydrogens (tertiary/aromatic N) is 2. The van der Waals surface area contributed by atoms with Gasteiger partial charge >= 0.3 is 17.6 Å². The van der Waals surface area contributed by atoms with Gasteiger partial charge in [0.25, 0.3) is 0 Å². The molecule has 0 aliphatic heterocycles. The van der Waals surface area contributed by atoms with Crippen molar-refractivity contribution in [1.29, 1.82) is 0 Å². The maximum absolute atomic E-state index is 14.7. The molecule has 148 valence electrons. The first-order valence-corrected chi connectivity index (χ1v) is 8.24. The summed E-state index contributed by atoms with van der Waals surface area (Å²) in [5.41, 5.74) is -2.58. The smallest absolute Gasteiger partial charge is 0.343 e. The Morgan fingerprint density at radius 3 is 2.57 bits per heavy atom. The van der Waals surface area contributed by atoms with E-state index in [1.165, 1.54) is 10.8 Å². The highest BCUT2D eigenvalue weighted by Crippen LogP contribution is 2.42. The number of fused-ring (bicyclic) bond motifs is 1. The van der Waals surface area contributed by atoms with E-state index in [2.05, 4.69) is 14.8 Å². The lowest BCUT2D eigenvalue weighted by molar-refractivity contribution is -0.382. The van der Waals surface area contributed by atoms with Crippen molar-refractivity contribution in [2.24, 2.45) is 0 Å². The normalized spacial score (nSPS) is 13.2. The number of hydrogen-bond acceptors (Lipinski definition) is 8. The number of methoxy groups -OCH3 is 2. The zero-order valence-corrected chi connectivity index (χ0v) is 15.0. The van der Waals surface area contributed by atoms with Crippen LogP contribution in [0, 0.1) is 15.9 Å². The summed E-state index contributed by atoms with van der Waals surface area (Å²) in [4.78, 5) is 46.9. The van der Waals surface area contributed by atoms with E-state index < -0.39 is 46.0 Å². The predicted octanol–water partition coefficient (Wildman–Crippen LogP) is 1.76. The summed E-state index contributed by atoms with van der Waals surface area (Å²) >= 11 is 0. The van der Waals surface area contributed by atoms with Gasteiger partial charge in [0.15, 0.2) is 11.5 Å². The van der Waals surface area contributed by atoms with Gasteiger partial charge in [0.05, 0.1) is 24.5 Å². The lowest BCUT2D eigenvalue weighted by Crippen LogP contribution is -2.22. The van der Waals surface area contributed by atoms with E-state index in [1.807, 2.05) is 0 Å². The predicted molar refractivity (Wildman–Crippen MR) is 94.9 cm³/mol. The monoisotopic (exact) mass is 393 g/mol. The largest absolute Gasteiger partial charge is 0.468 e. The molecule has 1 saturated carbocycles. The molecule has 0 atom stereocenters. The molecule has 1 N–H and O–H groups in total. The van der Waals surface area contributed by atoms with Crippen molar-refractivity contribution in [1.82, 2.24) is 4.57 Å². The van der Waals surface area contributed by atoms with Crippen LogP contribution < -0.4 is 10.7 Å². The molecule has 0 amide bonds. The summed E-state index contributed by atoms with van der Waals surface area (Å²) in [6, 6.07) is 0.638. The number of anilines is 1. The van der Waals surface area contributed by atoms with E-state index in [9.17, 15) is 28.9 Å². The Bertz CT molecular complexity index is 1060. The first kappa shape index (κ1) is 19.3. The van der Waals surface area contributed by atoms with Crippen molar-refractivity contribution < 1.29 is 28.4 Å². The Labute approximate surface area is 157 Å². The molecule has 0 saturated heterocycles. The molecule has 10 nitrogen and oxygen atoms in total. The number of esters is 2. The Morgan fingerprint density at radius 1 is 1.36 bits per heavy atom. The number of ether oxygens (including phenoxy) is 2. The molecule has 11 heteroatoms. The second-order valence-electron chi connectivity index (χ2n) is 6.17. The summed E-state index contributed by atoms with van der Waals surface area (Å²) < 4.78 is 25.1. The van der Waals surface area contributed by atoms with Crippen molar-refractivity contribution in [2.45, 2.75) is 18.9 Å². The third-order valence-corrected chi connectivity index (χ3v) is 4.41. The third kappa shape index (κ3) is 3.26. The number of carbonyl (C=O) groups excluding carboxylic acids is 2. The van der Waals surface area contributed by atoms with Crippen LogP contribution >= 0.6 is 0 Å². The molecule has 28 heavy (non-hydrogen) atoms. The number of pyridine rings is 1. The molecule has 0 radical (unpaired) electrons. The van der Waals surface area contributed by atoms with Crippen molar-refractivity contribution in [3.8, 4) is 0 Å². The quantitative estimate of drug-likeness (QED) is 0.446. The summed E-state index contributed by atoms with van der Waals surface area (Å²) in [6.07, 6.45) is 2.55. The minimum atomic E-state index is -1.11. The number of aromatic nitrogens is 1. The SMILES string of the molecule is COC(=O)CNc1c(F)cc2c(=O)c(C(=O)OC)cn(C3CC3)c2c1[N+](=O)[O-]. The van der Waals surface area contributed by atoms with Crippen LogP contribution in [0.3, 0.4) is 0 Å². The first-order chi connectivity index (χ1) is 13.3. The fourth-order valence-electron chi connectivity index (χ4n) is 2.94. The Morgan fingerprint density at radius 2 is 2.04 bits per heavy atom. The van der Waals surface area contributed by atoms with Gasteiger partial charge in [-0.15, -0.1) is 0 Å². The van der Waals surface area contributed by atoms with Gasteiger partial charge in [0.1, 0.15) is 17.6 Å². The van der Waals surface area contributed by atoms with E-state index in [0.717, 1.165) is 20.3 Å². The van der Waals surface area contributed by atoms with Crippen LogP contribution in [0.4, 0.5) is 15.8 Å². The number of rotatable bonds is 6. The van der Waals surface area contributed by atoms with Gasteiger partial charge in [-0.05, 0) is 18.9 Å². The summed E-state index contributed by atoms with van der Waals surface area (Å²) in [5, 5.41) is 13.8. The molecule has 0 spiro atoms. The number of benzene rings is 1. The average molecular weight is 393 g/mol. The van der Waals surface area contributed by atoms with Crippen LogP contribution in [0.2, 0.25) is 0 Å². The minimum Gasteiger partial charge on any atom is -0.468 e. The van der Waals surface area contributed by atoms with Crippen molar-refractivity contribution in [2.75, 3.05) is 26.1 Å². The Balaban J connectivity index is 2.35. The molecule has 0 unspecified atom stereocenters. The maximum Gasteiger partial charge on any atom is 0.343 e. The van der Waals surface area contributed by atoms with Crippen molar-refractivity contribution in [3.63, 3.8) is 0 Å². The lowest BCUT2D eigenvalue weighted by Gasteiger charge is -2.15. The first-order valence-electron chi connectivity index (χ1n) is 8.24. The minimum absolute atomic E-state index is 0.126. The number of nitro groups is 1. The Hall–Kier alpha value is -3.50. The molecule has 1 fully saturated rings.